The third kappa shape index (κ3) is 10.8. The number of halogens is 6. The number of rotatable bonds is 5. The summed E-state index contributed by atoms with van der Waals surface area (Å²) in [6, 6.07) is 4.61. The van der Waals surface area contributed by atoms with Crippen molar-refractivity contribution in [2.24, 2.45) is 5.73 Å². The zero-order valence-electron chi connectivity index (χ0n) is 20.6. The van der Waals surface area contributed by atoms with Gasteiger partial charge in [-0.15, -0.1) is 5.10 Å². The number of nitrogens with two attached hydrogens (primary N) is 1. The number of nitrogens with zero attached hydrogens (tertiary/aromatic N) is 4. The average molecular weight is 573 g/mol. The fraction of sp³-hybridized carbons (Fsp3) is 0.636. The van der Waals surface area contributed by atoms with Crippen LogP contribution in [0.25, 0.3) is 0 Å². The van der Waals surface area contributed by atoms with Crippen molar-refractivity contribution in [3.63, 3.8) is 0 Å². The largest absolute Gasteiger partial charge is 0.490 e. The summed E-state index contributed by atoms with van der Waals surface area (Å²) < 4.78 is 77.3. The third-order valence-electron chi connectivity index (χ3n) is 5.74. The molecule has 11 nitrogen and oxygen atoms in total. The maximum Gasteiger partial charge on any atom is 0.490 e. The summed E-state index contributed by atoms with van der Waals surface area (Å²) in [6.45, 7) is 4.24. The fourth-order valence-electron chi connectivity index (χ4n) is 3.77. The number of piperidine rings is 1. The number of hydrogen-bond donors (Lipinski definition) is 3. The van der Waals surface area contributed by atoms with Gasteiger partial charge >= 0.3 is 24.3 Å². The quantitative estimate of drug-likeness (QED) is 0.451. The van der Waals surface area contributed by atoms with Crippen molar-refractivity contribution in [1.82, 2.24) is 19.9 Å². The van der Waals surface area contributed by atoms with Gasteiger partial charge in [0, 0.05) is 26.2 Å². The van der Waals surface area contributed by atoms with Crippen molar-refractivity contribution in [2.75, 3.05) is 19.7 Å². The van der Waals surface area contributed by atoms with Crippen LogP contribution in [0.3, 0.4) is 0 Å². The monoisotopic (exact) mass is 573 g/mol. The first-order chi connectivity index (χ1) is 18.2. The molecule has 2 aromatic rings. The number of ether oxygens (including phenoxy) is 1. The van der Waals surface area contributed by atoms with E-state index in [1.54, 1.807) is 0 Å². The predicted molar refractivity (Wildman–Crippen MR) is 120 cm³/mol. The first kappa shape index (κ1) is 32.0. The van der Waals surface area contributed by atoms with Crippen LogP contribution in [-0.2, 0) is 27.4 Å². The Kier molecular flexibility index (Phi) is 11.7. The van der Waals surface area contributed by atoms with E-state index in [2.05, 4.69) is 27.3 Å². The Hall–Kier alpha value is -3.18. The summed E-state index contributed by atoms with van der Waals surface area (Å²) in [5, 5.41) is 22.6. The number of hydrogen-bond acceptors (Lipinski definition) is 8. The molecule has 4 heterocycles. The summed E-state index contributed by atoms with van der Waals surface area (Å²) in [6.07, 6.45) is -2.43. The van der Waals surface area contributed by atoms with Crippen LogP contribution in [0.1, 0.15) is 61.5 Å². The van der Waals surface area contributed by atoms with Gasteiger partial charge in [-0.25, -0.2) is 14.3 Å². The van der Waals surface area contributed by atoms with Gasteiger partial charge in [0.05, 0.1) is 24.5 Å². The van der Waals surface area contributed by atoms with E-state index in [1.807, 2.05) is 10.9 Å². The Balaban J connectivity index is 0.000000317. The standard InChI is InChI=1S/C18H27N5O2.2C2HF3O2/c19-11-14-12-23(21-20-14)15-6-8-22(9-7-15)13-16-4-5-18(25-16)17-3-1-2-10-24-17;2*3-2(4,5)1(6)7/h4-5,12,15,17H,1-3,6-11,13,19H2;2*(H,6,7). The van der Waals surface area contributed by atoms with Crippen LogP contribution in [0.15, 0.2) is 22.7 Å². The zero-order valence-corrected chi connectivity index (χ0v) is 20.6. The highest BCUT2D eigenvalue weighted by Crippen LogP contribution is 2.30. The molecule has 2 aromatic heterocycles. The lowest BCUT2D eigenvalue weighted by molar-refractivity contribution is -0.193. The van der Waals surface area contributed by atoms with Crippen LogP contribution in [0.2, 0.25) is 0 Å². The van der Waals surface area contributed by atoms with E-state index in [4.69, 9.17) is 34.7 Å². The number of aliphatic carboxylic acids is 2. The van der Waals surface area contributed by atoms with Gasteiger partial charge in [-0.1, -0.05) is 5.21 Å². The molecule has 0 radical (unpaired) electrons. The van der Waals surface area contributed by atoms with E-state index >= 15 is 0 Å². The van der Waals surface area contributed by atoms with E-state index in [-0.39, 0.29) is 6.10 Å². The van der Waals surface area contributed by atoms with Gasteiger partial charge in [0.25, 0.3) is 0 Å². The Bertz CT molecular complexity index is 1020. The molecule has 2 fully saturated rings. The minimum absolute atomic E-state index is 0.150. The van der Waals surface area contributed by atoms with Crippen LogP contribution >= 0.6 is 0 Å². The molecule has 1 atom stereocenters. The highest BCUT2D eigenvalue weighted by molar-refractivity contribution is 5.73. The van der Waals surface area contributed by atoms with Crippen molar-refractivity contribution in [1.29, 1.82) is 0 Å². The highest BCUT2D eigenvalue weighted by Gasteiger charge is 2.38. The van der Waals surface area contributed by atoms with E-state index in [9.17, 15) is 26.3 Å². The Labute approximate surface area is 218 Å². The molecule has 0 bridgehead atoms. The molecule has 0 spiro atoms. The van der Waals surface area contributed by atoms with Gasteiger partial charge in [-0.05, 0) is 44.2 Å². The summed E-state index contributed by atoms with van der Waals surface area (Å²) >= 11 is 0. The van der Waals surface area contributed by atoms with E-state index in [0.717, 1.165) is 69.1 Å². The number of alkyl halides is 6. The molecule has 1 unspecified atom stereocenters. The lowest BCUT2D eigenvalue weighted by Gasteiger charge is -2.31. The van der Waals surface area contributed by atoms with Gasteiger partial charge < -0.3 is 25.1 Å². The second-order valence-corrected chi connectivity index (χ2v) is 8.67. The minimum atomic E-state index is -5.08. The maximum atomic E-state index is 10.6. The SMILES string of the molecule is NCc1cn(C2CCN(Cc3ccc(C4CCCCO4)o3)CC2)nn1.O=C(O)C(F)(F)F.O=C(O)C(F)(F)F. The minimum Gasteiger partial charge on any atom is -0.475 e. The number of furan rings is 1. The molecular weight excluding hydrogens is 544 g/mol. The van der Waals surface area contributed by atoms with Crippen molar-refractivity contribution in [3.8, 4) is 0 Å². The molecule has 39 heavy (non-hydrogen) atoms. The number of carboxylic acids is 2. The normalized spacial score (nSPS) is 18.9. The van der Waals surface area contributed by atoms with Crippen molar-refractivity contribution < 1.29 is 55.3 Å². The van der Waals surface area contributed by atoms with Gasteiger partial charge in [0.2, 0.25) is 0 Å². The van der Waals surface area contributed by atoms with E-state index in [1.165, 1.54) is 6.42 Å². The molecule has 0 amide bonds. The van der Waals surface area contributed by atoms with Crippen molar-refractivity contribution in [2.45, 2.75) is 69.7 Å². The summed E-state index contributed by atoms with van der Waals surface area (Å²) in [5.74, 6) is -3.49. The summed E-state index contributed by atoms with van der Waals surface area (Å²) in [5.41, 5.74) is 6.47. The van der Waals surface area contributed by atoms with Crippen LogP contribution in [0, 0.1) is 0 Å². The molecule has 2 aliphatic heterocycles. The molecule has 4 N–H and O–H groups in total. The van der Waals surface area contributed by atoms with Crippen molar-refractivity contribution >= 4 is 11.9 Å². The topological polar surface area (TPSA) is 157 Å². The number of likely N-dealkylation sites (tertiary alicyclic amines) is 1. The molecule has 0 saturated carbocycles. The third-order valence-corrected chi connectivity index (χ3v) is 5.74. The maximum absolute atomic E-state index is 10.6. The first-order valence-corrected chi connectivity index (χ1v) is 11.8. The van der Waals surface area contributed by atoms with Gasteiger partial charge in [-0.3, -0.25) is 4.90 Å². The molecule has 2 aliphatic rings. The van der Waals surface area contributed by atoms with Crippen molar-refractivity contribution in [3.05, 3.63) is 35.5 Å². The smallest absolute Gasteiger partial charge is 0.475 e. The van der Waals surface area contributed by atoms with E-state index in [0.29, 0.717) is 12.6 Å². The highest BCUT2D eigenvalue weighted by atomic mass is 19.4. The second kappa shape index (κ2) is 14.3. The van der Waals surface area contributed by atoms with Crippen LogP contribution < -0.4 is 5.73 Å². The fourth-order valence-corrected chi connectivity index (χ4v) is 3.77. The molecule has 0 aromatic carbocycles. The molecule has 0 aliphatic carbocycles. The first-order valence-electron chi connectivity index (χ1n) is 11.8. The molecule has 220 valence electrons. The number of carboxylic acid groups (broad SMARTS) is 2. The van der Waals surface area contributed by atoms with Crippen LogP contribution in [0.4, 0.5) is 26.3 Å². The molecular formula is C22H29F6N5O6. The Morgan fingerprint density at radius 1 is 1.00 bits per heavy atom. The summed E-state index contributed by atoms with van der Waals surface area (Å²) in [4.78, 5) is 20.2. The zero-order chi connectivity index (χ0) is 29.2. The van der Waals surface area contributed by atoms with Crippen LogP contribution in [0.5, 0.6) is 0 Å². The Morgan fingerprint density at radius 3 is 2.05 bits per heavy atom. The Morgan fingerprint density at radius 2 is 1.59 bits per heavy atom. The molecule has 4 rings (SSSR count). The van der Waals surface area contributed by atoms with Gasteiger partial charge in [-0.2, -0.15) is 26.3 Å². The molecule has 2 saturated heterocycles. The average Bonchev–Trinajstić information content (AvgIpc) is 3.55. The molecule has 17 heteroatoms. The van der Waals surface area contributed by atoms with Crippen LogP contribution in [-0.4, -0.2) is 74.1 Å². The van der Waals surface area contributed by atoms with E-state index < -0.39 is 24.3 Å². The second-order valence-electron chi connectivity index (χ2n) is 8.67. The van der Waals surface area contributed by atoms with Gasteiger partial charge in [0.1, 0.15) is 17.6 Å². The number of aromatic nitrogens is 3. The van der Waals surface area contributed by atoms with Gasteiger partial charge in [0.15, 0.2) is 0 Å². The lowest BCUT2D eigenvalue weighted by Crippen LogP contribution is -2.34. The lowest BCUT2D eigenvalue weighted by atomic mass is 10.1. The predicted octanol–water partition coefficient (Wildman–Crippen LogP) is 3.68. The summed E-state index contributed by atoms with van der Waals surface area (Å²) in [7, 11) is 0. The number of carbonyl (C=O) groups is 2.